The van der Waals surface area contributed by atoms with E-state index in [9.17, 15) is 9.90 Å². The molecule has 2 unspecified atom stereocenters. The van der Waals surface area contributed by atoms with E-state index in [4.69, 9.17) is 14.5 Å². The number of piperidine rings is 1. The summed E-state index contributed by atoms with van der Waals surface area (Å²) in [5.41, 5.74) is -0.778. The molecule has 1 aromatic carbocycles. The Kier molecular flexibility index (Phi) is 7.43. The van der Waals surface area contributed by atoms with Crippen LogP contribution in [0.4, 0.5) is 23.4 Å². The fourth-order valence-corrected chi connectivity index (χ4v) is 4.84. The van der Waals surface area contributed by atoms with Crippen LogP contribution in [0.25, 0.3) is 0 Å². The van der Waals surface area contributed by atoms with Crippen molar-refractivity contribution in [2.75, 3.05) is 47.9 Å². The first-order valence-electron chi connectivity index (χ1n) is 13.0. The number of anilines is 4. The van der Waals surface area contributed by atoms with E-state index in [0.717, 1.165) is 36.7 Å². The van der Waals surface area contributed by atoms with Gasteiger partial charge in [-0.15, -0.1) is 0 Å². The van der Waals surface area contributed by atoms with Crippen molar-refractivity contribution in [2.24, 2.45) is 5.41 Å². The molecule has 0 spiro atoms. The molecule has 4 heterocycles. The lowest BCUT2D eigenvalue weighted by atomic mass is 9.90. The minimum atomic E-state index is -0.789. The number of aromatic nitrogens is 4. The largest absolute Gasteiger partial charge is 0.490 e. The van der Waals surface area contributed by atoms with Crippen LogP contribution in [-0.4, -0.2) is 69.9 Å². The summed E-state index contributed by atoms with van der Waals surface area (Å²) >= 11 is 0. The molecule has 0 aliphatic carbocycles. The number of ether oxygens (including phenoxy) is 2. The number of nitrogens with zero attached hydrogens (tertiary/aromatic N) is 6. The summed E-state index contributed by atoms with van der Waals surface area (Å²) in [6.45, 7) is 6.88. The third-order valence-corrected chi connectivity index (χ3v) is 6.96. The Bertz CT molecular complexity index is 1280. The third kappa shape index (κ3) is 5.71. The van der Waals surface area contributed by atoms with Gasteiger partial charge < -0.3 is 29.7 Å². The Morgan fingerprint density at radius 2 is 1.97 bits per heavy atom. The lowest BCUT2D eigenvalue weighted by Gasteiger charge is -2.33. The summed E-state index contributed by atoms with van der Waals surface area (Å²) in [5.74, 6) is 3.05. The maximum absolute atomic E-state index is 11.6. The number of carbonyl (C=O) groups is 1. The SMILES string of the molecule is CCOc1ccccc1OC1CCCN(c2cncc(Nc3nccc(N4CCC(C)(C(=O)O)C4)n3)n2)C1. The van der Waals surface area contributed by atoms with Crippen molar-refractivity contribution >= 4 is 29.4 Å². The molecular formula is C27H33N7O4. The van der Waals surface area contributed by atoms with Crippen molar-refractivity contribution in [3.63, 3.8) is 0 Å². The highest BCUT2D eigenvalue weighted by atomic mass is 16.5. The van der Waals surface area contributed by atoms with Crippen molar-refractivity contribution in [3.05, 3.63) is 48.9 Å². The van der Waals surface area contributed by atoms with Gasteiger partial charge in [-0.1, -0.05) is 12.1 Å². The molecule has 2 aromatic heterocycles. The second-order valence-electron chi connectivity index (χ2n) is 9.87. The molecule has 2 saturated heterocycles. The number of carboxylic acid groups (broad SMARTS) is 1. The summed E-state index contributed by atoms with van der Waals surface area (Å²) in [5, 5.41) is 12.7. The maximum atomic E-state index is 11.6. The molecule has 0 radical (unpaired) electrons. The standard InChI is InChI=1S/C27H33N7O4/c1-3-37-20-8-4-5-9-21(20)38-19-7-6-13-33(17-19)24-16-28-15-22(30-24)31-26-29-12-10-23(32-26)34-14-11-27(2,18-34)25(35)36/h4-5,8-10,12,15-16,19H,3,6-7,11,13-14,17-18H2,1-2H3,(H,35,36)(H,29,30,31,32). The van der Waals surface area contributed by atoms with E-state index in [1.54, 1.807) is 31.6 Å². The third-order valence-electron chi connectivity index (χ3n) is 6.96. The molecular weight excluding hydrogens is 486 g/mol. The van der Waals surface area contributed by atoms with Crippen LogP contribution in [0.1, 0.15) is 33.1 Å². The molecule has 0 saturated carbocycles. The predicted molar refractivity (Wildman–Crippen MR) is 143 cm³/mol. The van der Waals surface area contributed by atoms with Crippen LogP contribution in [0.2, 0.25) is 0 Å². The molecule has 5 rings (SSSR count). The summed E-state index contributed by atoms with van der Waals surface area (Å²) in [4.78, 5) is 33.8. The van der Waals surface area contributed by atoms with E-state index in [-0.39, 0.29) is 6.10 Å². The quantitative estimate of drug-likeness (QED) is 0.429. The number of nitrogens with one attached hydrogen (secondary N) is 1. The Balaban J connectivity index is 1.25. The summed E-state index contributed by atoms with van der Waals surface area (Å²) in [6, 6.07) is 9.54. The van der Waals surface area contributed by atoms with Gasteiger partial charge in [-0.05, 0) is 51.3 Å². The molecule has 11 nitrogen and oxygen atoms in total. The molecule has 2 aliphatic heterocycles. The van der Waals surface area contributed by atoms with Gasteiger partial charge in [-0.2, -0.15) is 4.98 Å². The molecule has 38 heavy (non-hydrogen) atoms. The van der Waals surface area contributed by atoms with Crippen LogP contribution in [0.5, 0.6) is 11.5 Å². The number of hydrogen-bond donors (Lipinski definition) is 2. The highest BCUT2D eigenvalue weighted by molar-refractivity contribution is 5.76. The molecule has 11 heteroatoms. The van der Waals surface area contributed by atoms with Crippen LogP contribution in [0, 0.1) is 5.41 Å². The van der Waals surface area contributed by atoms with Gasteiger partial charge in [0.25, 0.3) is 0 Å². The average molecular weight is 520 g/mol. The van der Waals surface area contributed by atoms with Gasteiger partial charge in [0.05, 0.1) is 31.0 Å². The topological polar surface area (TPSA) is 126 Å². The second-order valence-corrected chi connectivity index (χ2v) is 9.87. The van der Waals surface area contributed by atoms with Crippen LogP contribution >= 0.6 is 0 Å². The van der Waals surface area contributed by atoms with Gasteiger partial charge in [0.1, 0.15) is 17.7 Å². The van der Waals surface area contributed by atoms with Gasteiger partial charge in [0.15, 0.2) is 17.3 Å². The summed E-state index contributed by atoms with van der Waals surface area (Å²) < 4.78 is 12.0. The van der Waals surface area contributed by atoms with Gasteiger partial charge in [-0.25, -0.2) is 9.97 Å². The summed E-state index contributed by atoms with van der Waals surface area (Å²) in [6.07, 6.45) is 7.52. The van der Waals surface area contributed by atoms with Gasteiger partial charge in [-0.3, -0.25) is 9.78 Å². The smallest absolute Gasteiger partial charge is 0.311 e. The first-order valence-corrected chi connectivity index (χ1v) is 13.0. The average Bonchev–Trinajstić information content (AvgIpc) is 3.34. The number of para-hydroxylation sites is 2. The van der Waals surface area contributed by atoms with Gasteiger partial charge in [0.2, 0.25) is 5.95 Å². The first kappa shape index (κ1) is 25.5. The Morgan fingerprint density at radius 1 is 1.13 bits per heavy atom. The fourth-order valence-electron chi connectivity index (χ4n) is 4.84. The molecule has 2 aliphatic rings. The predicted octanol–water partition coefficient (Wildman–Crippen LogP) is 3.76. The van der Waals surface area contributed by atoms with Crippen molar-refractivity contribution in [1.82, 2.24) is 19.9 Å². The van der Waals surface area contributed by atoms with E-state index in [0.29, 0.717) is 50.2 Å². The Labute approximate surface area is 221 Å². The molecule has 200 valence electrons. The van der Waals surface area contributed by atoms with Crippen LogP contribution in [0.15, 0.2) is 48.9 Å². The normalized spacial score (nSPS) is 21.3. The monoisotopic (exact) mass is 519 g/mol. The van der Waals surface area contributed by atoms with E-state index < -0.39 is 11.4 Å². The number of carboxylic acids is 1. The zero-order chi connectivity index (χ0) is 26.5. The fraction of sp³-hybridized carbons (Fsp3) is 0.444. The molecule has 0 amide bonds. The van der Waals surface area contributed by atoms with Crippen LogP contribution < -0.4 is 24.6 Å². The van der Waals surface area contributed by atoms with Crippen molar-refractivity contribution < 1.29 is 19.4 Å². The first-order chi connectivity index (χ1) is 18.4. The van der Waals surface area contributed by atoms with E-state index >= 15 is 0 Å². The number of rotatable bonds is 9. The maximum Gasteiger partial charge on any atom is 0.311 e. The Morgan fingerprint density at radius 3 is 2.76 bits per heavy atom. The van der Waals surface area contributed by atoms with E-state index in [1.807, 2.05) is 36.1 Å². The van der Waals surface area contributed by atoms with Gasteiger partial charge >= 0.3 is 5.97 Å². The summed E-state index contributed by atoms with van der Waals surface area (Å²) in [7, 11) is 0. The number of benzene rings is 1. The molecule has 0 bridgehead atoms. The highest BCUT2D eigenvalue weighted by Gasteiger charge is 2.41. The highest BCUT2D eigenvalue weighted by Crippen LogP contribution is 2.33. The van der Waals surface area contributed by atoms with E-state index in [2.05, 4.69) is 25.2 Å². The number of aliphatic carboxylic acids is 1. The minimum Gasteiger partial charge on any atom is -0.490 e. The van der Waals surface area contributed by atoms with Gasteiger partial charge in [0, 0.05) is 25.8 Å². The lowest BCUT2D eigenvalue weighted by Crippen LogP contribution is -2.41. The van der Waals surface area contributed by atoms with Crippen molar-refractivity contribution in [3.8, 4) is 11.5 Å². The Hall–Kier alpha value is -4.15. The molecule has 2 fully saturated rings. The molecule has 2 N–H and O–H groups in total. The number of hydrogen-bond acceptors (Lipinski definition) is 10. The molecule has 3 aromatic rings. The minimum absolute atomic E-state index is 0.000680. The lowest BCUT2D eigenvalue weighted by molar-refractivity contribution is -0.146. The van der Waals surface area contributed by atoms with Crippen molar-refractivity contribution in [2.45, 2.75) is 39.2 Å². The zero-order valence-corrected chi connectivity index (χ0v) is 21.7. The van der Waals surface area contributed by atoms with Crippen LogP contribution in [-0.2, 0) is 4.79 Å². The van der Waals surface area contributed by atoms with Crippen molar-refractivity contribution in [1.29, 1.82) is 0 Å². The zero-order valence-electron chi connectivity index (χ0n) is 21.7. The van der Waals surface area contributed by atoms with E-state index in [1.165, 1.54) is 0 Å². The van der Waals surface area contributed by atoms with Crippen LogP contribution in [0.3, 0.4) is 0 Å². The molecule has 2 atom stereocenters. The second kappa shape index (κ2) is 11.1.